The van der Waals surface area contributed by atoms with E-state index in [1.165, 1.54) is 55.4 Å². The lowest BCUT2D eigenvalue weighted by molar-refractivity contribution is -0.148. The van der Waals surface area contributed by atoms with Crippen LogP contribution in [0.3, 0.4) is 0 Å². The van der Waals surface area contributed by atoms with Crippen LogP contribution in [0, 0.1) is 29.6 Å². The van der Waals surface area contributed by atoms with E-state index in [1.807, 2.05) is 19.9 Å². The highest BCUT2D eigenvalue weighted by Crippen LogP contribution is 2.32. The maximum Gasteiger partial charge on any atom is 0.410 e. The molecule has 21 atom stereocenters. The minimum atomic E-state index is -1.94. The molecule has 2 aliphatic rings. The first-order valence-corrected chi connectivity index (χ1v) is 50.3. The second kappa shape index (κ2) is 69.4. The van der Waals surface area contributed by atoms with Crippen molar-refractivity contribution < 1.29 is 161 Å². The maximum absolute atomic E-state index is 15.0. The molecule has 14 amide bonds. The van der Waals surface area contributed by atoms with E-state index >= 15 is 0 Å². The van der Waals surface area contributed by atoms with Crippen LogP contribution in [0.4, 0.5) is 20.1 Å². The van der Waals surface area contributed by atoms with Crippen LogP contribution in [0.15, 0.2) is 66.7 Å². The molecule has 0 spiro atoms. The molecule has 146 heavy (non-hydrogen) atoms. The Bertz CT molecular complexity index is 4200. The Balaban J connectivity index is 1.29. The number of carbonyl (C=O) groups is 13. The lowest BCUT2D eigenvalue weighted by Gasteiger charge is -2.41. The number of urea groups is 1. The van der Waals surface area contributed by atoms with E-state index in [4.69, 9.17) is 58.6 Å². The number of likely N-dealkylation sites (tertiary alicyclic amines) is 1. The van der Waals surface area contributed by atoms with Crippen LogP contribution in [0.5, 0.6) is 0 Å². The van der Waals surface area contributed by atoms with Crippen molar-refractivity contribution in [2.45, 2.75) is 275 Å². The molecule has 0 aliphatic carbocycles. The third-order valence-corrected chi connectivity index (χ3v) is 25.6. The molecule has 47 nitrogen and oxygen atoms in total. The van der Waals surface area contributed by atoms with Gasteiger partial charge in [0.2, 0.25) is 47.3 Å². The second-order valence-electron chi connectivity index (χ2n) is 37.8. The van der Waals surface area contributed by atoms with Gasteiger partial charge < -0.3 is 157 Å². The highest BCUT2D eigenvalue weighted by Gasteiger charge is 2.46. The number of rotatable bonds is 75. The van der Waals surface area contributed by atoms with Gasteiger partial charge in [0, 0.05) is 98.4 Å². The minimum absolute atomic E-state index is 0.0148. The van der Waals surface area contributed by atoms with Gasteiger partial charge in [-0.25, -0.2) is 14.4 Å². The van der Waals surface area contributed by atoms with Gasteiger partial charge in [-0.3, -0.25) is 62.6 Å². The van der Waals surface area contributed by atoms with Gasteiger partial charge in [0.25, 0.3) is 11.8 Å². The van der Waals surface area contributed by atoms with Crippen molar-refractivity contribution in [2.75, 3.05) is 165 Å². The van der Waals surface area contributed by atoms with E-state index in [2.05, 4.69) is 42.5 Å². The summed E-state index contributed by atoms with van der Waals surface area (Å²) in [4.78, 5) is 184. The monoisotopic (exact) mass is 2080 g/mol. The Morgan fingerprint density at radius 3 is 1.58 bits per heavy atom. The van der Waals surface area contributed by atoms with Crippen molar-refractivity contribution in [3.8, 4) is 0 Å². The van der Waals surface area contributed by atoms with Crippen molar-refractivity contribution in [1.82, 2.24) is 61.7 Å². The lowest BCUT2D eigenvalue weighted by Crippen LogP contribution is -2.60. The zero-order valence-corrected chi connectivity index (χ0v) is 87.0. The molecule has 830 valence electrons. The van der Waals surface area contributed by atoms with Crippen LogP contribution in [0.2, 0.25) is 0 Å². The highest BCUT2D eigenvalue weighted by molar-refractivity contribution is 6.13. The third-order valence-electron chi connectivity index (χ3n) is 25.6. The summed E-state index contributed by atoms with van der Waals surface area (Å²) in [7, 11) is 5.99. The number of anilines is 1. The molecule has 0 bridgehead atoms. The fourth-order valence-electron chi connectivity index (χ4n) is 16.8. The number of aliphatic hydroxyl groups excluding tert-OH is 11. The Morgan fingerprint density at radius 1 is 0.527 bits per heavy atom. The highest BCUT2D eigenvalue weighted by atomic mass is 16.6. The van der Waals surface area contributed by atoms with Gasteiger partial charge in [-0.15, -0.1) is 0 Å². The van der Waals surface area contributed by atoms with E-state index in [0.717, 1.165) is 9.80 Å². The number of methoxy groups -OCH3 is 2. The number of likely N-dealkylation sites (N-methyl/N-ethyl adjacent to an activating group) is 2. The number of unbranched alkanes of at least 4 members (excludes halogenated alkanes) is 3. The maximum atomic E-state index is 15.0. The molecule has 0 radical (unpaired) electrons. The molecule has 0 unspecified atom stereocenters. The van der Waals surface area contributed by atoms with Gasteiger partial charge in [-0.05, 0) is 112 Å². The minimum Gasteiger partial charge on any atom is -0.447 e. The summed E-state index contributed by atoms with van der Waals surface area (Å²) in [6, 6.07) is 6.53. The number of hydrogen-bond donors (Lipinski definition) is 20. The average Bonchev–Trinajstić information content (AvgIpc) is 1.39. The predicted octanol–water partition coefficient (Wildman–Crippen LogP) is -1.28. The molecule has 1 fully saturated rings. The van der Waals surface area contributed by atoms with E-state index < -0.39 is 231 Å². The molecule has 1 saturated heterocycles. The fourth-order valence-corrected chi connectivity index (χ4v) is 16.8. The number of primary amides is 1. The number of benzene rings is 2. The molecule has 2 aromatic rings. The summed E-state index contributed by atoms with van der Waals surface area (Å²) in [5.74, 6) is -7.83. The van der Waals surface area contributed by atoms with Gasteiger partial charge >= 0.3 is 18.2 Å². The van der Waals surface area contributed by atoms with E-state index in [0.29, 0.717) is 62.6 Å². The van der Waals surface area contributed by atoms with E-state index in [-0.39, 0.29) is 167 Å². The summed E-state index contributed by atoms with van der Waals surface area (Å²) in [6.45, 7) is 16.6. The van der Waals surface area contributed by atoms with Crippen LogP contribution in [-0.4, -0.2) is 427 Å². The lowest BCUT2D eigenvalue weighted by atomic mass is 9.89. The molecule has 2 heterocycles. The predicted molar refractivity (Wildman–Crippen MR) is 531 cm³/mol. The summed E-state index contributed by atoms with van der Waals surface area (Å²) in [6.07, 6.45) is -13.0. The number of alkyl carbamates (subject to hydrolysis) is 1. The molecule has 2 aliphatic heterocycles. The standard InChI is InChI=1S/C99H166N14O33/c1-15-63(8)84(76(138-13)54-80(123)112-41-25-30-71(112)90(139-14)64(9)91(129)103-65(10)85(124)67-26-18-16-19-27-67)109(11)96(134)82(61(4)5)108-95(133)83(62(6)7)110(12)99(137)146-59-66-32-34-68(35-33-66)104-92(130)70(29-24-39-101-97(100)135)106-94(132)81(60(2)3)107-93(131)69(105-77(120)31-20-17-23-40-113-78(121)36-37-79(113)122)28-21-22-38-102-98(136)145-53-52-144-51-50-143-49-48-142-47-46-141-45-44-140-43-42-111(55-72(116)86(125)88(127)74(118)57-114)56-73(117)87(126)89(128)75(119)58-115/h16,18-19,26-27,32-37,60-65,69-76,81-90,114-119,124-128H,15,17,20-25,28-31,38-59H2,1-14H3,(H,102,136)(H,103,129)(H,104,130)(H,105,120)(H,106,132)(H,107,131)(H,108,133)(H3,100,101,135)/t63-,64+,65-,69-,70-,71-,72-,73-,74+,75+,76-,81-,82-,83-,84-,85-,86+,87+,88+,89+,90+/m0/s1. The van der Waals surface area contributed by atoms with E-state index in [9.17, 15) is 108 Å². The molecular weight excluding hydrogens is 1910 g/mol. The van der Waals surface area contributed by atoms with Gasteiger partial charge in [-0.2, -0.15) is 0 Å². The fraction of sp³-hybridized carbons (Fsp3) is 0.727. The first-order chi connectivity index (χ1) is 69.4. The SMILES string of the molecule is CC[C@H](C)[C@@H]([C@H](CC(=O)N1CCC[C@H]1[C@H](OC)[C@@H](C)C(=O)N[C@@H](C)[C@H](O)c1ccccc1)OC)N(C)C(=O)[C@@H](NC(=O)[C@H](C(C)C)N(C)C(=O)OCc1ccc(NC(=O)[C@H](CCCNC(N)=O)NC(=O)[C@@H](NC(=O)[C@H](CCCCNC(=O)OCCOCCOCCOCCOCCOCCN(C[C@H](O)[C@@H](O)[C@H](O)[C@H](O)CO)C[C@H](O)[C@@H](O)[C@H](O)[C@H](O)CO)NC(=O)CCCCCN2C(=O)C=CC2=O)C(C)C)cc1)C(C)C. The zero-order chi connectivity index (χ0) is 109. The number of amides is 14. The van der Waals surface area contributed by atoms with Crippen molar-refractivity contribution in [3.63, 3.8) is 0 Å². The first kappa shape index (κ1) is 128. The van der Waals surface area contributed by atoms with Gasteiger partial charge in [0.1, 0.15) is 80.0 Å². The van der Waals surface area contributed by atoms with Gasteiger partial charge in [0.15, 0.2) is 0 Å². The Hall–Kier alpha value is -9.87. The largest absolute Gasteiger partial charge is 0.447 e. The normalized spacial score (nSPS) is 17.4. The van der Waals surface area contributed by atoms with Crippen LogP contribution < -0.4 is 48.3 Å². The number of imide groups is 1. The van der Waals surface area contributed by atoms with Crippen LogP contribution in [0.25, 0.3) is 0 Å². The summed E-state index contributed by atoms with van der Waals surface area (Å²) < 4.78 is 50.7. The summed E-state index contributed by atoms with van der Waals surface area (Å²) >= 11 is 0. The van der Waals surface area contributed by atoms with Crippen molar-refractivity contribution in [3.05, 3.63) is 77.9 Å². The quantitative estimate of drug-likeness (QED) is 0.0271. The number of nitrogens with one attached hydrogen (secondary N) is 8. The molecule has 4 rings (SSSR count). The van der Waals surface area contributed by atoms with Crippen molar-refractivity contribution >= 4 is 83.0 Å². The molecule has 0 saturated carbocycles. The number of nitrogens with two attached hydrogens (primary N) is 1. The molecule has 21 N–H and O–H groups in total. The third kappa shape index (κ3) is 44.9. The van der Waals surface area contributed by atoms with Crippen LogP contribution in [-0.2, 0) is 97.2 Å². The summed E-state index contributed by atoms with van der Waals surface area (Å²) in [5, 5.41) is 133. The zero-order valence-electron chi connectivity index (χ0n) is 87.0. The number of carbonyl (C=O) groups excluding carboxylic acids is 13. The Kier molecular flexibility index (Phi) is 61.1. The molecule has 0 aromatic heterocycles. The topological polar surface area (TPSA) is 666 Å². The number of hydrogen-bond acceptors (Lipinski definition) is 34. The van der Waals surface area contributed by atoms with Crippen molar-refractivity contribution in [1.29, 1.82) is 0 Å². The molecular formula is C99H166N14O33. The molecule has 47 heteroatoms. The Morgan fingerprint density at radius 2 is 1.05 bits per heavy atom. The second-order valence-corrected chi connectivity index (χ2v) is 37.8. The number of aliphatic hydroxyl groups is 11. The Labute approximate surface area is 855 Å². The van der Waals surface area contributed by atoms with Gasteiger partial charge in [-0.1, -0.05) is 118 Å². The first-order valence-electron chi connectivity index (χ1n) is 50.3. The van der Waals surface area contributed by atoms with Crippen molar-refractivity contribution in [2.24, 2.45) is 35.3 Å². The molecule has 2 aromatic carbocycles. The number of nitrogens with zero attached hydrogens (tertiary/aromatic N) is 5. The van der Waals surface area contributed by atoms with E-state index in [1.54, 1.807) is 104 Å². The average molecular weight is 2080 g/mol. The van der Waals surface area contributed by atoms with Crippen LogP contribution in [0.1, 0.15) is 170 Å². The number of ether oxygens (including phenoxy) is 9. The van der Waals surface area contributed by atoms with Gasteiger partial charge in [0.05, 0.1) is 140 Å². The smallest absolute Gasteiger partial charge is 0.410 e. The van der Waals surface area contributed by atoms with Crippen LogP contribution >= 0.6 is 0 Å². The summed E-state index contributed by atoms with van der Waals surface area (Å²) in [5.41, 5.74) is 6.70.